The van der Waals surface area contributed by atoms with Crippen LogP contribution in [0.4, 0.5) is 13.2 Å². The van der Waals surface area contributed by atoms with E-state index in [9.17, 15) is 13.2 Å². The molecule has 1 atom stereocenters. The summed E-state index contributed by atoms with van der Waals surface area (Å²) < 4.78 is 41.4. The lowest BCUT2D eigenvalue weighted by molar-refractivity contribution is -0.275. The molecule has 0 heterocycles. The molecule has 0 radical (unpaired) electrons. The SMILES string of the molecule is Cl.N[C@@H](c1cc(Br)ccc1OC(F)(F)F)C1CC1. The molecule has 0 aromatic heterocycles. The first-order valence-corrected chi connectivity index (χ1v) is 5.97. The lowest BCUT2D eigenvalue weighted by Gasteiger charge is -2.18. The maximum absolute atomic E-state index is 12.2. The van der Waals surface area contributed by atoms with Crippen molar-refractivity contribution in [3.05, 3.63) is 28.2 Å². The second-order valence-electron chi connectivity index (χ2n) is 4.09. The van der Waals surface area contributed by atoms with Gasteiger partial charge in [-0.2, -0.15) is 0 Å². The summed E-state index contributed by atoms with van der Waals surface area (Å²) in [6, 6.07) is 3.98. The van der Waals surface area contributed by atoms with Crippen LogP contribution in [-0.2, 0) is 0 Å². The highest BCUT2D eigenvalue weighted by Crippen LogP contribution is 2.43. The Balaban J connectivity index is 0.00000162. The molecule has 0 unspecified atom stereocenters. The maximum atomic E-state index is 12.2. The summed E-state index contributed by atoms with van der Waals surface area (Å²) in [4.78, 5) is 0. The van der Waals surface area contributed by atoms with E-state index in [-0.39, 0.29) is 24.1 Å². The number of alkyl halides is 3. The average Bonchev–Trinajstić information content (AvgIpc) is 3.01. The maximum Gasteiger partial charge on any atom is 0.573 e. The molecule has 1 fully saturated rings. The van der Waals surface area contributed by atoms with Crippen molar-refractivity contribution in [1.29, 1.82) is 0 Å². The van der Waals surface area contributed by atoms with E-state index in [0.717, 1.165) is 12.8 Å². The topological polar surface area (TPSA) is 35.2 Å². The minimum atomic E-state index is -4.69. The van der Waals surface area contributed by atoms with Crippen LogP contribution in [0.1, 0.15) is 24.4 Å². The van der Waals surface area contributed by atoms with Gasteiger partial charge in [-0.25, -0.2) is 0 Å². The summed E-state index contributed by atoms with van der Waals surface area (Å²) in [5, 5.41) is 0. The van der Waals surface area contributed by atoms with Crippen LogP contribution >= 0.6 is 28.3 Å². The number of nitrogens with two attached hydrogens (primary N) is 1. The van der Waals surface area contributed by atoms with Gasteiger partial charge >= 0.3 is 6.36 Å². The van der Waals surface area contributed by atoms with Crippen LogP contribution in [0.5, 0.6) is 5.75 Å². The number of hydrogen-bond acceptors (Lipinski definition) is 2. The summed E-state index contributed by atoms with van der Waals surface area (Å²) in [6.07, 6.45) is -2.77. The first-order valence-electron chi connectivity index (χ1n) is 5.17. The molecule has 0 bridgehead atoms. The van der Waals surface area contributed by atoms with Crippen LogP contribution in [0.25, 0.3) is 0 Å². The normalized spacial score (nSPS) is 16.9. The van der Waals surface area contributed by atoms with Gasteiger partial charge in [0.15, 0.2) is 0 Å². The molecule has 2 nitrogen and oxygen atoms in total. The molecule has 1 aromatic rings. The number of ether oxygens (including phenoxy) is 1. The molecule has 2 rings (SSSR count). The second-order valence-corrected chi connectivity index (χ2v) is 5.01. The summed E-state index contributed by atoms with van der Waals surface area (Å²) >= 11 is 3.22. The van der Waals surface area contributed by atoms with E-state index < -0.39 is 12.4 Å². The fourth-order valence-electron chi connectivity index (χ4n) is 1.71. The third kappa shape index (κ3) is 4.03. The van der Waals surface area contributed by atoms with Gasteiger partial charge in [0.1, 0.15) is 5.75 Å². The molecule has 0 spiro atoms. The largest absolute Gasteiger partial charge is 0.573 e. The van der Waals surface area contributed by atoms with Crippen LogP contribution < -0.4 is 10.5 Å². The molecule has 102 valence electrons. The third-order valence-corrected chi connectivity index (χ3v) is 3.18. The van der Waals surface area contributed by atoms with Crippen molar-refractivity contribution in [2.24, 2.45) is 11.7 Å². The quantitative estimate of drug-likeness (QED) is 0.891. The van der Waals surface area contributed by atoms with Gasteiger partial charge in [0.25, 0.3) is 0 Å². The first-order chi connectivity index (χ1) is 7.87. The van der Waals surface area contributed by atoms with Crippen molar-refractivity contribution in [2.75, 3.05) is 0 Å². The summed E-state index contributed by atoms with van der Waals surface area (Å²) in [6.45, 7) is 0. The van der Waals surface area contributed by atoms with E-state index in [1.165, 1.54) is 12.1 Å². The highest BCUT2D eigenvalue weighted by molar-refractivity contribution is 9.10. The van der Waals surface area contributed by atoms with Gasteiger partial charge in [0, 0.05) is 16.1 Å². The Morgan fingerprint density at radius 3 is 2.44 bits per heavy atom. The van der Waals surface area contributed by atoms with E-state index in [0.29, 0.717) is 10.0 Å². The second kappa shape index (κ2) is 5.67. The van der Waals surface area contributed by atoms with Crippen LogP contribution in [0.2, 0.25) is 0 Å². The van der Waals surface area contributed by atoms with Crippen molar-refractivity contribution >= 4 is 28.3 Å². The molecule has 7 heteroatoms. The van der Waals surface area contributed by atoms with E-state index in [1.807, 2.05) is 0 Å². The number of benzene rings is 1. The molecule has 1 aliphatic rings. The van der Waals surface area contributed by atoms with E-state index in [1.54, 1.807) is 6.07 Å². The van der Waals surface area contributed by atoms with Crippen molar-refractivity contribution in [3.63, 3.8) is 0 Å². The van der Waals surface area contributed by atoms with Gasteiger partial charge in [-0.15, -0.1) is 25.6 Å². The highest BCUT2D eigenvalue weighted by atomic mass is 79.9. The van der Waals surface area contributed by atoms with E-state index in [4.69, 9.17) is 5.73 Å². The molecular weight excluding hydrogens is 334 g/mol. The summed E-state index contributed by atoms with van der Waals surface area (Å²) in [5.41, 5.74) is 6.32. The lowest BCUT2D eigenvalue weighted by atomic mass is 10.0. The number of halogens is 5. The van der Waals surface area contributed by atoms with E-state index in [2.05, 4.69) is 20.7 Å². The Morgan fingerprint density at radius 1 is 1.33 bits per heavy atom. The molecule has 1 aromatic carbocycles. The Kier molecular flexibility index (Phi) is 4.91. The Bertz CT molecular complexity index is 423. The first kappa shape index (κ1) is 15.6. The number of hydrogen-bond donors (Lipinski definition) is 1. The van der Waals surface area contributed by atoms with Gasteiger partial charge in [-0.05, 0) is 37.0 Å². The Morgan fingerprint density at radius 2 is 1.94 bits per heavy atom. The molecule has 0 saturated heterocycles. The molecule has 1 aliphatic carbocycles. The van der Waals surface area contributed by atoms with Crippen LogP contribution in [0, 0.1) is 5.92 Å². The minimum absolute atomic E-state index is 0. The van der Waals surface area contributed by atoms with Gasteiger partial charge in [-0.1, -0.05) is 15.9 Å². The predicted molar refractivity (Wildman–Crippen MR) is 67.7 cm³/mol. The lowest BCUT2D eigenvalue weighted by Crippen LogP contribution is -2.21. The van der Waals surface area contributed by atoms with Crippen molar-refractivity contribution in [2.45, 2.75) is 25.2 Å². The predicted octanol–water partition coefficient (Wildman–Crippen LogP) is 4.18. The van der Waals surface area contributed by atoms with Crippen LogP contribution in [0.3, 0.4) is 0 Å². The van der Waals surface area contributed by atoms with Gasteiger partial charge < -0.3 is 10.5 Å². The fourth-order valence-corrected chi connectivity index (χ4v) is 2.09. The zero-order valence-electron chi connectivity index (χ0n) is 9.21. The number of rotatable bonds is 3. The highest BCUT2D eigenvalue weighted by Gasteiger charge is 2.35. The molecule has 1 saturated carbocycles. The summed E-state index contributed by atoms with van der Waals surface area (Å²) in [7, 11) is 0. The van der Waals surface area contributed by atoms with Crippen molar-refractivity contribution in [3.8, 4) is 5.75 Å². The van der Waals surface area contributed by atoms with E-state index >= 15 is 0 Å². The standard InChI is InChI=1S/C11H11BrF3NO.ClH/c12-7-3-4-9(17-11(13,14)15)8(5-7)10(16)6-1-2-6;/h3-6,10H,1-2,16H2;1H/t10-;/m1./s1. The van der Waals surface area contributed by atoms with Crippen molar-refractivity contribution < 1.29 is 17.9 Å². The monoisotopic (exact) mass is 345 g/mol. The van der Waals surface area contributed by atoms with Crippen LogP contribution in [0.15, 0.2) is 22.7 Å². The smallest absolute Gasteiger partial charge is 0.405 e. The van der Waals surface area contributed by atoms with Gasteiger partial charge in [0.05, 0.1) is 0 Å². The third-order valence-electron chi connectivity index (χ3n) is 2.69. The molecule has 2 N–H and O–H groups in total. The zero-order chi connectivity index (χ0) is 12.6. The van der Waals surface area contributed by atoms with Crippen molar-refractivity contribution in [1.82, 2.24) is 0 Å². The molecule has 18 heavy (non-hydrogen) atoms. The van der Waals surface area contributed by atoms with Gasteiger partial charge in [0.2, 0.25) is 0 Å². The van der Waals surface area contributed by atoms with Crippen LogP contribution in [-0.4, -0.2) is 6.36 Å². The van der Waals surface area contributed by atoms with Gasteiger partial charge in [-0.3, -0.25) is 0 Å². The molecule has 0 amide bonds. The minimum Gasteiger partial charge on any atom is -0.405 e. The molecule has 0 aliphatic heterocycles. The fraction of sp³-hybridized carbons (Fsp3) is 0.455. The Labute approximate surface area is 117 Å². The molecular formula is C11H12BrClF3NO. The summed E-state index contributed by atoms with van der Waals surface area (Å²) in [5.74, 6) is 0.0555. The average molecular weight is 347 g/mol. The Hall–Kier alpha value is -0.460. The zero-order valence-corrected chi connectivity index (χ0v) is 11.6.